The number of halogens is 2. The predicted molar refractivity (Wildman–Crippen MR) is 177 cm³/mol. The van der Waals surface area contributed by atoms with Crippen molar-refractivity contribution < 1.29 is 25.2 Å². The summed E-state index contributed by atoms with van der Waals surface area (Å²) in [5.74, 6) is 0. The van der Waals surface area contributed by atoms with Gasteiger partial charge in [-0.25, -0.2) is 4.98 Å². The molecule has 0 saturated carbocycles. The molecule has 0 saturated heterocycles. The van der Waals surface area contributed by atoms with E-state index in [0.717, 1.165) is 51.2 Å². The number of nitrogens with zero attached hydrogens (tertiary/aromatic N) is 3. The fourth-order valence-corrected chi connectivity index (χ4v) is 5.87. The van der Waals surface area contributed by atoms with Crippen molar-refractivity contribution in [3.05, 3.63) is 88.3 Å². The monoisotopic (exact) mass is 683 g/mol. The van der Waals surface area contributed by atoms with Crippen molar-refractivity contribution >= 4 is 73.2 Å². The van der Waals surface area contributed by atoms with E-state index >= 15 is 0 Å². The maximum absolute atomic E-state index is 11.4. The molecule has 9 nitrogen and oxygen atoms in total. The summed E-state index contributed by atoms with van der Waals surface area (Å²) in [4.78, 5) is 11.1. The van der Waals surface area contributed by atoms with Crippen LogP contribution >= 0.6 is 35.3 Å². The molecule has 0 fully saturated rings. The quantitative estimate of drug-likeness (QED) is 0.118. The van der Waals surface area contributed by atoms with Crippen LogP contribution in [0.5, 0.6) is 0 Å². The van der Waals surface area contributed by atoms with Gasteiger partial charge in [-0.1, -0.05) is 48.0 Å². The van der Waals surface area contributed by atoms with Crippen molar-refractivity contribution in [2.24, 2.45) is 4.99 Å². The first kappa shape index (κ1) is 34.6. The van der Waals surface area contributed by atoms with E-state index in [2.05, 4.69) is 4.99 Å². The number of aryl methyl sites for hydroxylation is 1. The van der Waals surface area contributed by atoms with Gasteiger partial charge in [0.15, 0.2) is 0 Å². The van der Waals surface area contributed by atoms with Gasteiger partial charge in [0.2, 0.25) is 0 Å². The van der Waals surface area contributed by atoms with Crippen LogP contribution in [-0.2, 0) is 28.6 Å². The van der Waals surface area contributed by atoms with Crippen molar-refractivity contribution in [2.45, 2.75) is 6.92 Å². The Bertz CT molecular complexity index is 1740. The molecule has 0 N–H and O–H groups in total. The Hall–Kier alpha value is -2.84. The largest absolute Gasteiger partial charge is 0.367 e. The van der Waals surface area contributed by atoms with E-state index in [1.165, 1.54) is 0 Å². The van der Waals surface area contributed by atoms with Crippen LogP contribution < -0.4 is 4.90 Å². The first-order valence-corrected chi connectivity index (χ1v) is 17.7. The molecule has 0 aliphatic heterocycles. The Balaban J connectivity index is 0.00000506. The first-order valence-electron chi connectivity index (χ1n) is 12.8. The number of benzene rings is 3. The third-order valence-corrected chi connectivity index (χ3v) is 8.44. The van der Waals surface area contributed by atoms with E-state index in [1.54, 1.807) is 28.5 Å². The molecule has 0 radical (unpaired) electrons. The van der Waals surface area contributed by atoms with Gasteiger partial charge in [-0.3, -0.25) is 13.4 Å². The number of thiazole rings is 1. The van der Waals surface area contributed by atoms with E-state index in [9.17, 15) is 16.8 Å². The van der Waals surface area contributed by atoms with Gasteiger partial charge in [-0.2, -0.15) is 16.8 Å². The minimum atomic E-state index is -3.61. The van der Waals surface area contributed by atoms with Crippen molar-refractivity contribution in [1.29, 1.82) is 0 Å². The molecule has 0 amide bonds. The summed E-state index contributed by atoms with van der Waals surface area (Å²) in [6.07, 6.45) is 3.69. The lowest BCUT2D eigenvalue weighted by molar-refractivity contribution is 0.309. The fourth-order valence-electron chi connectivity index (χ4n) is 4.02. The molecule has 0 atom stereocenters. The second-order valence-electron chi connectivity index (χ2n) is 9.41. The zero-order valence-electron chi connectivity index (χ0n) is 23.6. The van der Waals surface area contributed by atoms with E-state index in [4.69, 9.17) is 25.0 Å². The third kappa shape index (κ3) is 10.7. The van der Waals surface area contributed by atoms with Crippen LogP contribution in [0.1, 0.15) is 11.1 Å². The van der Waals surface area contributed by atoms with Crippen molar-refractivity contribution in [1.82, 2.24) is 4.98 Å². The highest BCUT2D eigenvalue weighted by Crippen LogP contribution is 2.34. The molecule has 230 valence electrons. The molecule has 0 aliphatic rings. The van der Waals surface area contributed by atoms with Crippen LogP contribution in [0, 0.1) is 6.92 Å². The molecule has 0 bridgehead atoms. The lowest BCUT2D eigenvalue weighted by atomic mass is 10.1. The maximum atomic E-state index is 11.4. The van der Waals surface area contributed by atoms with Crippen LogP contribution in [-0.4, -0.2) is 66.8 Å². The molecule has 43 heavy (non-hydrogen) atoms. The zero-order chi connectivity index (χ0) is 30.3. The van der Waals surface area contributed by atoms with Crippen LogP contribution in [0.2, 0.25) is 5.02 Å². The fraction of sp³-hybridized carbons (Fsp3) is 0.241. The number of aromatic nitrogens is 1. The highest BCUT2D eigenvalue weighted by atomic mass is 35.5. The lowest BCUT2D eigenvalue weighted by Gasteiger charge is -2.25. The molecular formula is C29H31Cl2N3O6S3. The average Bonchev–Trinajstić information content (AvgIpc) is 3.41. The highest BCUT2D eigenvalue weighted by molar-refractivity contribution is 7.86. The zero-order valence-corrected chi connectivity index (χ0v) is 27.7. The van der Waals surface area contributed by atoms with E-state index < -0.39 is 20.2 Å². The van der Waals surface area contributed by atoms with Crippen LogP contribution in [0.3, 0.4) is 0 Å². The minimum Gasteiger partial charge on any atom is -0.367 e. The Labute approximate surface area is 267 Å². The number of anilines is 1. The van der Waals surface area contributed by atoms with E-state index in [0.29, 0.717) is 10.7 Å². The van der Waals surface area contributed by atoms with Gasteiger partial charge >= 0.3 is 0 Å². The second-order valence-corrected chi connectivity index (χ2v) is 14.0. The molecular weight excluding hydrogens is 653 g/mol. The summed E-state index contributed by atoms with van der Waals surface area (Å²) < 4.78 is 55.3. The smallest absolute Gasteiger partial charge is 0.264 e. The molecule has 0 unspecified atom stereocenters. The number of hydrogen-bond donors (Lipinski definition) is 0. The Kier molecular flexibility index (Phi) is 12.3. The van der Waals surface area contributed by atoms with Crippen molar-refractivity contribution in [3.63, 3.8) is 0 Å². The van der Waals surface area contributed by atoms with Gasteiger partial charge in [-0.15, -0.1) is 23.7 Å². The van der Waals surface area contributed by atoms with Gasteiger partial charge < -0.3 is 4.90 Å². The molecule has 1 heterocycles. The molecule has 4 rings (SSSR count). The normalized spacial score (nSPS) is 11.9. The molecule has 0 aliphatic carbocycles. The Morgan fingerprint density at radius 2 is 1.58 bits per heavy atom. The number of aliphatic imine (C=N–C) groups is 1. The molecule has 1 aromatic heterocycles. The van der Waals surface area contributed by atoms with Gasteiger partial charge in [-0.05, 0) is 48.4 Å². The van der Waals surface area contributed by atoms with E-state index in [1.807, 2.05) is 73.0 Å². The number of hydrogen-bond acceptors (Lipinski definition) is 10. The summed E-state index contributed by atoms with van der Waals surface area (Å²) in [5, 5.41) is 3.46. The highest BCUT2D eigenvalue weighted by Gasteiger charge is 2.13. The van der Waals surface area contributed by atoms with Crippen molar-refractivity contribution in [2.75, 3.05) is 43.7 Å². The topological polar surface area (TPSA) is 115 Å². The predicted octanol–water partition coefficient (Wildman–Crippen LogP) is 6.37. The van der Waals surface area contributed by atoms with E-state index in [-0.39, 0.29) is 38.7 Å². The van der Waals surface area contributed by atoms with Gasteiger partial charge in [0.1, 0.15) is 5.01 Å². The lowest BCUT2D eigenvalue weighted by Crippen LogP contribution is -2.32. The van der Waals surface area contributed by atoms with Crippen LogP contribution in [0.4, 0.5) is 11.4 Å². The molecule has 14 heteroatoms. The summed E-state index contributed by atoms with van der Waals surface area (Å²) in [6, 6.07) is 21.2. The maximum Gasteiger partial charge on any atom is 0.264 e. The van der Waals surface area contributed by atoms with Gasteiger partial charge in [0.25, 0.3) is 20.2 Å². The van der Waals surface area contributed by atoms with Crippen LogP contribution in [0.15, 0.2) is 77.1 Å². The second kappa shape index (κ2) is 15.2. The minimum absolute atomic E-state index is 0. The first-order chi connectivity index (χ1) is 19.9. The summed E-state index contributed by atoms with van der Waals surface area (Å²) >= 11 is 8.18. The molecule has 3 aromatic carbocycles. The molecule has 0 spiro atoms. The summed E-state index contributed by atoms with van der Waals surface area (Å²) in [6.45, 7) is 2.16. The summed E-state index contributed by atoms with van der Waals surface area (Å²) in [7, 11) is -7.22. The van der Waals surface area contributed by atoms with Gasteiger partial charge in [0, 0.05) is 41.5 Å². The Morgan fingerprint density at radius 3 is 2.16 bits per heavy atom. The number of rotatable bonds is 13. The molecule has 4 aromatic rings. The third-order valence-electron chi connectivity index (χ3n) is 6.04. The average molecular weight is 685 g/mol. The van der Waals surface area contributed by atoms with Gasteiger partial charge in [0.05, 0.1) is 42.1 Å². The van der Waals surface area contributed by atoms with Crippen molar-refractivity contribution in [3.8, 4) is 21.8 Å². The standard InChI is InChI=1S/C29H30ClN3O6S3.ClH/c1-21-17-25(33(13-15-38-41(2,34)35)14-16-39-42(3,36)37)11-9-23(21)19-31-24-10-12-26(27(30)18-24)28-20-40-29(32-28)22-7-5-4-6-8-22;/h4-12,17-20H,13-16H2,1-3H3;1H. The Morgan fingerprint density at radius 1 is 0.930 bits per heavy atom. The summed E-state index contributed by atoms with van der Waals surface area (Å²) in [5.41, 5.74) is 5.90. The SMILES string of the molecule is Cc1cc(N(CCOS(C)(=O)=O)CCOS(C)(=O)=O)ccc1C=Nc1ccc(-c2csc(-c3ccccc3)n2)c(Cl)c1.Cl. The van der Waals surface area contributed by atoms with Crippen LogP contribution in [0.25, 0.3) is 21.8 Å².